The number of aliphatic carboxylic acids is 1. The van der Waals surface area contributed by atoms with Crippen molar-refractivity contribution in [3.8, 4) is 0 Å². The molecular weight excluding hydrogens is 362 g/mol. The molecule has 1 amide bonds. The van der Waals surface area contributed by atoms with Crippen LogP contribution in [-0.4, -0.2) is 33.9 Å². The number of hydrogen-bond acceptors (Lipinski definition) is 5. The van der Waals surface area contributed by atoms with Crippen molar-refractivity contribution in [2.75, 3.05) is 12.4 Å². The minimum Gasteiger partial charge on any atom is -0.481 e. The van der Waals surface area contributed by atoms with E-state index in [2.05, 4.69) is 15.2 Å². The Hall–Kier alpha value is -2.25. The molecule has 0 unspecified atom stereocenters. The van der Waals surface area contributed by atoms with Crippen LogP contribution in [0.25, 0.3) is 0 Å². The summed E-state index contributed by atoms with van der Waals surface area (Å²) < 4.78 is 0. The molecule has 1 aromatic heterocycles. The zero-order valence-electron chi connectivity index (χ0n) is 16.1. The van der Waals surface area contributed by atoms with E-state index in [1.54, 1.807) is 11.3 Å². The summed E-state index contributed by atoms with van der Waals surface area (Å²) >= 11 is 1.58. The predicted octanol–water partition coefficient (Wildman–Crippen LogP) is 3.99. The molecule has 0 radical (unpaired) electrons. The molecule has 0 aliphatic rings. The Morgan fingerprint density at radius 2 is 2.00 bits per heavy atom. The van der Waals surface area contributed by atoms with Gasteiger partial charge in [0.2, 0.25) is 5.91 Å². The lowest BCUT2D eigenvalue weighted by atomic mass is 9.79. The molecule has 0 bridgehead atoms. The topological polar surface area (TPSA) is 82.5 Å². The van der Waals surface area contributed by atoms with Gasteiger partial charge in [0.05, 0.1) is 16.6 Å². The Labute approximate surface area is 164 Å². The van der Waals surface area contributed by atoms with E-state index < -0.39 is 11.4 Å². The first-order valence-electron chi connectivity index (χ1n) is 9.06. The van der Waals surface area contributed by atoms with Gasteiger partial charge in [-0.3, -0.25) is 14.5 Å². The van der Waals surface area contributed by atoms with Gasteiger partial charge in [-0.2, -0.15) is 0 Å². The van der Waals surface area contributed by atoms with Crippen molar-refractivity contribution in [1.82, 2.24) is 9.88 Å². The van der Waals surface area contributed by atoms with Crippen molar-refractivity contribution in [2.45, 2.75) is 46.2 Å². The standard InChI is InChI=1S/C20H27N3O3S/c1-4-20(5-2,19(25)26)10-18(24)22-16-8-6-7-15(9-16)11-23(3)12-17-13-27-14-21-17/h6-9,13-14H,4-5,10-12H2,1-3H3,(H,22,24)(H,25,26). The van der Waals surface area contributed by atoms with E-state index in [9.17, 15) is 14.7 Å². The van der Waals surface area contributed by atoms with E-state index in [-0.39, 0.29) is 12.3 Å². The van der Waals surface area contributed by atoms with Crippen molar-refractivity contribution in [1.29, 1.82) is 0 Å². The van der Waals surface area contributed by atoms with Crippen LogP contribution in [-0.2, 0) is 22.7 Å². The van der Waals surface area contributed by atoms with Crippen molar-refractivity contribution >= 4 is 28.9 Å². The molecular formula is C20H27N3O3S. The van der Waals surface area contributed by atoms with Crippen LogP contribution in [0.15, 0.2) is 35.2 Å². The van der Waals surface area contributed by atoms with Gasteiger partial charge in [-0.1, -0.05) is 26.0 Å². The smallest absolute Gasteiger partial charge is 0.310 e. The molecule has 27 heavy (non-hydrogen) atoms. The van der Waals surface area contributed by atoms with Gasteiger partial charge in [0, 0.05) is 30.6 Å². The maximum atomic E-state index is 12.4. The van der Waals surface area contributed by atoms with Crippen LogP contribution >= 0.6 is 11.3 Å². The highest BCUT2D eigenvalue weighted by Gasteiger charge is 2.37. The Kier molecular flexibility index (Phi) is 7.50. The van der Waals surface area contributed by atoms with Gasteiger partial charge in [0.25, 0.3) is 0 Å². The van der Waals surface area contributed by atoms with E-state index in [4.69, 9.17) is 0 Å². The third-order valence-electron chi connectivity index (χ3n) is 4.88. The Balaban J connectivity index is 1.98. The van der Waals surface area contributed by atoms with Crippen LogP contribution in [0.1, 0.15) is 44.4 Å². The van der Waals surface area contributed by atoms with Gasteiger partial charge < -0.3 is 10.4 Å². The molecule has 0 atom stereocenters. The van der Waals surface area contributed by atoms with Crippen LogP contribution in [0.2, 0.25) is 0 Å². The van der Waals surface area contributed by atoms with Gasteiger partial charge in [-0.05, 0) is 37.6 Å². The number of carbonyl (C=O) groups is 2. The number of hydrogen-bond donors (Lipinski definition) is 2. The molecule has 6 nitrogen and oxygen atoms in total. The molecule has 7 heteroatoms. The zero-order valence-corrected chi connectivity index (χ0v) is 16.9. The van der Waals surface area contributed by atoms with Crippen LogP contribution in [0.4, 0.5) is 5.69 Å². The van der Waals surface area contributed by atoms with Crippen molar-refractivity contribution in [2.24, 2.45) is 5.41 Å². The zero-order chi connectivity index (χ0) is 19.9. The van der Waals surface area contributed by atoms with Gasteiger partial charge in [-0.25, -0.2) is 4.98 Å². The molecule has 0 fully saturated rings. The number of aromatic nitrogens is 1. The molecule has 1 aromatic carbocycles. The highest BCUT2D eigenvalue weighted by atomic mass is 32.1. The SMILES string of the molecule is CCC(CC)(CC(=O)Nc1cccc(CN(C)Cc2cscn2)c1)C(=O)O. The minimum absolute atomic E-state index is 0.0245. The number of benzene rings is 1. The highest BCUT2D eigenvalue weighted by Crippen LogP contribution is 2.31. The van der Waals surface area contributed by atoms with Crippen LogP contribution in [0.5, 0.6) is 0 Å². The fraction of sp³-hybridized carbons (Fsp3) is 0.450. The number of nitrogens with one attached hydrogen (secondary N) is 1. The quantitative estimate of drug-likeness (QED) is 0.642. The summed E-state index contributed by atoms with van der Waals surface area (Å²) in [5.41, 5.74) is 3.61. The average Bonchev–Trinajstić information content (AvgIpc) is 3.12. The van der Waals surface area contributed by atoms with Crippen molar-refractivity contribution < 1.29 is 14.7 Å². The fourth-order valence-corrected chi connectivity index (χ4v) is 3.65. The Bertz CT molecular complexity index is 758. The number of amides is 1. The summed E-state index contributed by atoms with van der Waals surface area (Å²) in [6, 6.07) is 7.65. The van der Waals surface area contributed by atoms with Gasteiger partial charge in [0.1, 0.15) is 0 Å². The van der Waals surface area contributed by atoms with Crippen molar-refractivity contribution in [3.05, 3.63) is 46.4 Å². The monoisotopic (exact) mass is 389 g/mol. The third kappa shape index (κ3) is 5.87. The lowest BCUT2D eigenvalue weighted by Crippen LogP contribution is -2.34. The van der Waals surface area contributed by atoms with E-state index >= 15 is 0 Å². The number of carbonyl (C=O) groups excluding carboxylic acids is 1. The lowest BCUT2D eigenvalue weighted by Gasteiger charge is -2.25. The summed E-state index contributed by atoms with van der Waals surface area (Å²) in [6.45, 7) is 5.10. The van der Waals surface area contributed by atoms with Crippen LogP contribution in [0.3, 0.4) is 0 Å². The summed E-state index contributed by atoms with van der Waals surface area (Å²) in [6.07, 6.45) is 0.824. The largest absolute Gasteiger partial charge is 0.481 e. The number of anilines is 1. The summed E-state index contributed by atoms with van der Waals surface area (Å²) in [5, 5.41) is 14.4. The van der Waals surface area contributed by atoms with E-state index in [1.807, 2.05) is 56.1 Å². The third-order valence-corrected chi connectivity index (χ3v) is 5.52. The Morgan fingerprint density at radius 3 is 2.59 bits per heavy atom. The normalized spacial score (nSPS) is 11.6. The second-order valence-corrected chi connectivity index (χ2v) is 7.59. The number of carboxylic acid groups (broad SMARTS) is 1. The predicted molar refractivity (Wildman–Crippen MR) is 108 cm³/mol. The molecule has 0 aliphatic heterocycles. The van der Waals surface area contributed by atoms with E-state index in [1.165, 1.54) is 0 Å². The lowest BCUT2D eigenvalue weighted by molar-refractivity contribution is -0.151. The van der Waals surface area contributed by atoms with E-state index in [0.717, 1.165) is 24.3 Å². The molecule has 0 saturated heterocycles. The summed E-state index contributed by atoms with van der Waals surface area (Å²) in [5.74, 6) is -1.19. The number of carboxylic acids is 1. The number of rotatable bonds is 10. The van der Waals surface area contributed by atoms with Crippen LogP contribution < -0.4 is 5.32 Å². The number of thiazole rings is 1. The van der Waals surface area contributed by atoms with Crippen molar-refractivity contribution in [3.63, 3.8) is 0 Å². The van der Waals surface area contributed by atoms with Gasteiger partial charge in [0.15, 0.2) is 0 Å². The fourth-order valence-electron chi connectivity index (χ4n) is 3.10. The van der Waals surface area contributed by atoms with Gasteiger partial charge >= 0.3 is 5.97 Å². The molecule has 0 aliphatic carbocycles. The molecule has 1 heterocycles. The van der Waals surface area contributed by atoms with Crippen LogP contribution in [0, 0.1) is 5.41 Å². The summed E-state index contributed by atoms with van der Waals surface area (Å²) in [4.78, 5) is 30.4. The average molecular weight is 390 g/mol. The highest BCUT2D eigenvalue weighted by molar-refractivity contribution is 7.07. The second kappa shape index (κ2) is 9.62. The molecule has 0 saturated carbocycles. The number of nitrogens with zero attached hydrogens (tertiary/aromatic N) is 2. The first-order valence-corrected chi connectivity index (χ1v) is 10.0. The first kappa shape index (κ1) is 21.1. The first-order chi connectivity index (χ1) is 12.9. The molecule has 146 valence electrons. The second-order valence-electron chi connectivity index (χ2n) is 6.87. The molecule has 2 aromatic rings. The molecule has 2 rings (SSSR count). The maximum absolute atomic E-state index is 12.4. The maximum Gasteiger partial charge on any atom is 0.310 e. The molecule has 2 N–H and O–H groups in total. The summed E-state index contributed by atoms with van der Waals surface area (Å²) in [7, 11) is 2.02. The molecule has 0 spiro atoms. The van der Waals surface area contributed by atoms with Gasteiger partial charge in [-0.15, -0.1) is 11.3 Å². The minimum atomic E-state index is -1.00. The van der Waals surface area contributed by atoms with E-state index in [0.29, 0.717) is 18.5 Å². The Morgan fingerprint density at radius 1 is 1.26 bits per heavy atom.